The Morgan fingerprint density at radius 3 is 2.55 bits per heavy atom. The number of aromatic nitrogens is 3. The van der Waals surface area contributed by atoms with Gasteiger partial charge in [0, 0.05) is 30.5 Å². The molecular formula is C26H37N5O2. The van der Waals surface area contributed by atoms with E-state index in [4.69, 9.17) is 0 Å². The lowest BCUT2D eigenvalue weighted by atomic mass is 9.58. The van der Waals surface area contributed by atoms with Gasteiger partial charge in [0.25, 0.3) is 5.56 Å². The first-order valence-corrected chi connectivity index (χ1v) is 12.2. The van der Waals surface area contributed by atoms with E-state index in [9.17, 15) is 9.59 Å². The van der Waals surface area contributed by atoms with Crippen molar-refractivity contribution in [3.63, 3.8) is 0 Å². The molecule has 0 aromatic carbocycles. The van der Waals surface area contributed by atoms with Crippen LogP contribution in [0, 0.1) is 23.2 Å². The smallest absolute Gasteiger partial charge is 0.272 e. The van der Waals surface area contributed by atoms with E-state index in [1.165, 1.54) is 4.68 Å². The molecule has 2 heterocycles. The van der Waals surface area contributed by atoms with Gasteiger partial charge >= 0.3 is 0 Å². The van der Waals surface area contributed by atoms with E-state index in [0.717, 1.165) is 36.1 Å². The van der Waals surface area contributed by atoms with Crippen LogP contribution in [0.1, 0.15) is 70.9 Å². The molecule has 0 unspecified atom stereocenters. The largest absolute Gasteiger partial charge is 0.380 e. The lowest BCUT2D eigenvalue weighted by Crippen LogP contribution is -2.48. The summed E-state index contributed by atoms with van der Waals surface area (Å²) in [6.45, 7) is 12.1. The third-order valence-electron chi connectivity index (χ3n) is 8.41. The zero-order valence-corrected chi connectivity index (χ0v) is 20.5. The quantitative estimate of drug-likeness (QED) is 0.665. The number of nitrogens with zero attached hydrogens (tertiary/aromatic N) is 3. The van der Waals surface area contributed by atoms with Gasteiger partial charge in [0.15, 0.2) is 0 Å². The second-order valence-corrected chi connectivity index (χ2v) is 10.7. The minimum atomic E-state index is -0.227. The van der Waals surface area contributed by atoms with Gasteiger partial charge in [0.2, 0.25) is 5.91 Å². The second-order valence-electron chi connectivity index (χ2n) is 10.7. The van der Waals surface area contributed by atoms with Crippen LogP contribution in [-0.2, 0) is 17.9 Å². The van der Waals surface area contributed by atoms with Gasteiger partial charge in [-0.1, -0.05) is 34.6 Å². The summed E-state index contributed by atoms with van der Waals surface area (Å²) in [6, 6.07) is 4.01. The number of pyridine rings is 1. The Bertz CT molecular complexity index is 1040. The summed E-state index contributed by atoms with van der Waals surface area (Å²) in [5.74, 6) is 1.68. The summed E-state index contributed by atoms with van der Waals surface area (Å²) in [5, 5.41) is 10.9. The summed E-state index contributed by atoms with van der Waals surface area (Å²) in [5.41, 5.74) is 2.76. The predicted molar refractivity (Wildman–Crippen MR) is 130 cm³/mol. The molecule has 1 amide bonds. The van der Waals surface area contributed by atoms with Gasteiger partial charge in [0.05, 0.1) is 11.9 Å². The summed E-state index contributed by atoms with van der Waals surface area (Å²) >= 11 is 0. The number of hydrogen-bond donors (Lipinski definition) is 2. The average Bonchev–Trinajstić information content (AvgIpc) is 3.63. The van der Waals surface area contributed by atoms with Crippen LogP contribution in [0.2, 0.25) is 0 Å². The normalized spacial score (nSPS) is 26.6. The highest BCUT2D eigenvalue weighted by atomic mass is 16.2. The minimum absolute atomic E-state index is 0.0774. The van der Waals surface area contributed by atoms with Gasteiger partial charge in [-0.25, -0.2) is 4.68 Å². The molecule has 4 rings (SSSR count). The van der Waals surface area contributed by atoms with Crippen molar-refractivity contribution in [1.82, 2.24) is 20.1 Å². The van der Waals surface area contributed by atoms with Crippen LogP contribution < -0.4 is 16.2 Å². The van der Waals surface area contributed by atoms with Crippen molar-refractivity contribution >= 4 is 11.6 Å². The van der Waals surface area contributed by atoms with E-state index >= 15 is 0 Å². The van der Waals surface area contributed by atoms with Crippen molar-refractivity contribution in [2.45, 2.75) is 78.9 Å². The molecule has 7 nitrogen and oxygen atoms in total. The van der Waals surface area contributed by atoms with E-state index < -0.39 is 0 Å². The van der Waals surface area contributed by atoms with Gasteiger partial charge in [-0.2, -0.15) is 5.10 Å². The van der Waals surface area contributed by atoms with Crippen LogP contribution in [0.15, 0.2) is 35.5 Å². The molecule has 2 fully saturated rings. The Labute approximate surface area is 196 Å². The monoisotopic (exact) mass is 451 g/mol. The maximum atomic E-state index is 13.3. The third-order valence-corrected chi connectivity index (χ3v) is 8.41. The zero-order valence-electron chi connectivity index (χ0n) is 20.5. The molecule has 0 saturated heterocycles. The number of carbonyl (C=O) groups excluding carboxylic acids is 1. The Hall–Kier alpha value is -2.70. The Balaban J connectivity index is 1.49. The number of hydrogen-bond acceptors (Lipinski definition) is 5. The maximum absolute atomic E-state index is 13.3. The number of nitrogens with one attached hydrogen (secondary N) is 2. The van der Waals surface area contributed by atoms with E-state index in [1.807, 2.05) is 12.1 Å². The van der Waals surface area contributed by atoms with Gasteiger partial charge in [0.1, 0.15) is 6.54 Å². The van der Waals surface area contributed by atoms with Crippen LogP contribution in [0.4, 0.5) is 5.69 Å². The average molecular weight is 452 g/mol. The molecular weight excluding hydrogens is 414 g/mol. The van der Waals surface area contributed by atoms with Crippen molar-refractivity contribution in [3.8, 4) is 0 Å². The van der Waals surface area contributed by atoms with E-state index in [1.54, 1.807) is 18.6 Å². The fraction of sp³-hybridized carbons (Fsp3) is 0.615. The van der Waals surface area contributed by atoms with Gasteiger partial charge in [-0.05, 0) is 66.0 Å². The molecule has 7 heteroatoms. The second kappa shape index (κ2) is 9.27. The molecule has 0 radical (unpaired) electrons. The molecule has 2 saturated carbocycles. The SMILES string of the molecule is C[C@@H]1[C@@H](C)C(C)(C)[C@@H](C)C[C@H]1Nc1cnn(CC(=O)NCc2ccncc2)c(=O)c1C1CC1. The Kier molecular flexibility index (Phi) is 6.59. The summed E-state index contributed by atoms with van der Waals surface area (Å²) in [6.07, 6.45) is 8.24. The van der Waals surface area contributed by atoms with Gasteiger partial charge in [-0.3, -0.25) is 14.6 Å². The number of amides is 1. The molecule has 2 aromatic rings. The van der Waals surface area contributed by atoms with E-state index in [-0.39, 0.29) is 23.9 Å². The summed E-state index contributed by atoms with van der Waals surface area (Å²) in [7, 11) is 0. The van der Waals surface area contributed by atoms with E-state index in [2.05, 4.69) is 55.3 Å². The van der Waals surface area contributed by atoms with Crippen LogP contribution in [0.25, 0.3) is 0 Å². The minimum Gasteiger partial charge on any atom is -0.380 e. The highest BCUT2D eigenvalue weighted by Gasteiger charge is 2.44. The number of rotatable bonds is 7. The molecule has 178 valence electrons. The summed E-state index contributed by atoms with van der Waals surface area (Å²) in [4.78, 5) is 29.8. The van der Waals surface area contributed by atoms with Crippen molar-refractivity contribution in [2.75, 3.05) is 5.32 Å². The van der Waals surface area contributed by atoms with Gasteiger partial charge < -0.3 is 10.6 Å². The summed E-state index contributed by atoms with van der Waals surface area (Å²) < 4.78 is 1.30. The maximum Gasteiger partial charge on any atom is 0.272 e. The van der Waals surface area contributed by atoms with Crippen LogP contribution in [-0.4, -0.2) is 26.7 Å². The molecule has 0 aliphatic heterocycles. The van der Waals surface area contributed by atoms with Crippen molar-refractivity contribution in [2.24, 2.45) is 23.2 Å². The highest BCUT2D eigenvalue weighted by molar-refractivity contribution is 5.75. The third kappa shape index (κ3) is 4.97. The fourth-order valence-corrected chi connectivity index (χ4v) is 5.16. The van der Waals surface area contributed by atoms with Crippen LogP contribution in [0.5, 0.6) is 0 Å². The molecule has 4 atom stereocenters. The zero-order chi connectivity index (χ0) is 23.8. The lowest BCUT2D eigenvalue weighted by molar-refractivity contribution is -0.122. The van der Waals surface area contributed by atoms with Crippen LogP contribution in [0.3, 0.4) is 0 Å². The molecule has 2 aromatic heterocycles. The standard InChI is InChI=1S/C26H37N5O2/c1-16-12-21(17(2)18(3)26(16,4)5)30-22-14-29-31(25(33)24(22)20-6-7-20)15-23(32)28-13-19-8-10-27-11-9-19/h8-11,14,16-18,20-21,30H,6-7,12-13,15H2,1-5H3,(H,28,32)/t16-,17+,18+,21+/m0/s1. The topological polar surface area (TPSA) is 88.9 Å². The molecule has 0 bridgehead atoms. The van der Waals surface area contributed by atoms with Crippen molar-refractivity contribution < 1.29 is 4.79 Å². The Morgan fingerprint density at radius 1 is 1.18 bits per heavy atom. The first-order chi connectivity index (χ1) is 15.7. The lowest BCUT2D eigenvalue weighted by Gasteiger charge is -2.50. The molecule has 2 aliphatic rings. The number of anilines is 1. The van der Waals surface area contributed by atoms with Crippen LogP contribution >= 0.6 is 0 Å². The molecule has 2 aliphatic carbocycles. The number of carbonyl (C=O) groups is 1. The van der Waals surface area contributed by atoms with E-state index in [0.29, 0.717) is 35.8 Å². The first-order valence-electron chi connectivity index (χ1n) is 12.2. The fourth-order valence-electron chi connectivity index (χ4n) is 5.16. The highest BCUT2D eigenvalue weighted by Crippen LogP contribution is 2.48. The molecule has 2 N–H and O–H groups in total. The predicted octanol–water partition coefficient (Wildman–Crippen LogP) is 3.95. The van der Waals surface area contributed by atoms with Gasteiger partial charge in [-0.15, -0.1) is 0 Å². The molecule has 33 heavy (non-hydrogen) atoms. The molecule has 0 spiro atoms. The first kappa shape index (κ1) is 23.5. The Morgan fingerprint density at radius 2 is 1.88 bits per heavy atom. The van der Waals surface area contributed by atoms with Crippen molar-refractivity contribution in [1.29, 1.82) is 0 Å². The van der Waals surface area contributed by atoms with Crippen molar-refractivity contribution in [3.05, 3.63) is 52.2 Å².